The van der Waals surface area contributed by atoms with Crippen LogP contribution in [-0.4, -0.2) is 46.9 Å². The van der Waals surface area contributed by atoms with E-state index < -0.39 is 18.2 Å². The van der Waals surface area contributed by atoms with Crippen molar-refractivity contribution in [1.82, 2.24) is 5.32 Å². The Morgan fingerprint density at radius 3 is 1.28 bits per heavy atom. The van der Waals surface area contributed by atoms with Gasteiger partial charge in [-0.15, -0.1) is 0 Å². The first-order valence-electron chi connectivity index (χ1n) is 27.6. The van der Waals surface area contributed by atoms with Crippen molar-refractivity contribution in [2.45, 2.75) is 289 Å². The molecule has 0 bridgehead atoms. The first kappa shape index (κ1) is 61.6. The molecule has 6 heteroatoms. The van der Waals surface area contributed by atoms with Crippen LogP contribution in [0.15, 0.2) is 60.8 Å². The molecular formula is C58H105NO5. The third-order valence-corrected chi connectivity index (χ3v) is 12.4. The first-order chi connectivity index (χ1) is 31.5. The average molecular weight is 896 g/mol. The van der Waals surface area contributed by atoms with Gasteiger partial charge in [0, 0.05) is 6.42 Å². The van der Waals surface area contributed by atoms with E-state index in [1.165, 1.54) is 122 Å². The summed E-state index contributed by atoms with van der Waals surface area (Å²) in [6.07, 6.45) is 64.2. The largest absolute Gasteiger partial charge is 0.462 e. The number of nitrogens with one attached hydrogen (secondary N) is 1. The van der Waals surface area contributed by atoms with E-state index in [-0.39, 0.29) is 24.9 Å². The van der Waals surface area contributed by atoms with Gasteiger partial charge >= 0.3 is 5.97 Å². The normalized spacial score (nSPS) is 13.6. The molecule has 3 unspecified atom stereocenters. The predicted octanol–water partition coefficient (Wildman–Crippen LogP) is 16.8. The molecule has 372 valence electrons. The van der Waals surface area contributed by atoms with Crippen molar-refractivity contribution in [2.24, 2.45) is 0 Å². The molecule has 0 heterocycles. The monoisotopic (exact) mass is 896 g/mol. The van der Waals surface area contributed by atoms with Gasteiger partial charge in [0.1, 0.15) is 6.10 Å². The Labute approximate surface area is 397 Å². The van der Waals surface area contributed by atoms with E-state index in [2.05, 4.69) is 86.8 Å². The van der Waals surface area contributed by atoms with Crippen molar-refractivity contribution in [1.29, 1.82) is 0 Å². The maximum Gasteiger partial charge on any atom is 0.306 e. The molecule has 3 atom stereocenters. The number of aliphatic hydroxyl groups is 2. The maximum absolute atomic E-state index is 13.2. The van der Waals surface area contributed by atoms with Crippen LogP contribution in [0.1, 0.15) is 271 Å². The fourth-order valence-electron chi connectivity index (χ4n) is 8.25. The zero-order valence-electron chi connectivity index (χ0n) is 42.4. The molecule has 0 fully saturated rings. The summed E-state index contributed by atoms with van der Waals surface area (Å²) < 4.78 is 5.93. The fourth-order valence-corrected chi connectivity index (χ4v) is 8.25. The highest BCUT2D eigenvalue weighted by molar-refractivity contribution is 5.77. The van der Waals surface area contributed by atoms with E-state index in [9.17, 15) is 19.8 Å². The minimum absolute atomic E-state index is 0.0569. The number of rotatable bonds is 49. The summed E-state index contributed by atoms with van der Waals surface area (Å²) in [4.78, 5) is 26.2. The number of hydrogen-bond donors (Lipinski definition) is 3. The van der Waals surface area contributed by atoms with Crippen LogP contribution in [-0.2, 0) is 14.3 Å². The smallest absolute Gasteiger partial charge is 0.306 e. The van der Waals surface area contributed by atoms with Crippen LogP contribution in [0.25, 0.3) is 0 Å². The van der Waals surface area contributed by atoms with E-state index in [0.29, 0.717) is 19.3 Å². The van der Waals surface area contributed by atoms with Crippen LogP contribution in [0.5, 0.6) is 0 Å². The Morgan fingerprint density at radius 1 is 0.469 bits per heavy atom. The SMILES string of the molecule is CC/C=C/C=C/C=C/CCCCCCCC(CC(=O)NC(CO)C(O)CCCCCCCCCCCCCCCC)OC(=O)CCCCCCC/C=C/C=C/CCCCCCCCC. The lowest BCUT2D eigenvalue weighted by molar-refractivity contribution is -0.151. The van der Waals surface area contributed by atoms with Crippen molar-refractivity contribution < 1.29 is 24.5 Å². The number of carbonyl (C=O) groups is 2. The molecule has 0 rings (SSSR count). The van der Waals surface area contributed by atoms with Gasteiger partial charge in [-0.25, -0.2) is 0 Å². The van der Waals surface area contributed by atoms with Crippen LogP contribution in [0.4, 0.5) is 0 Å². The van der Waals surface area contributed by atoms with Gasteiger partial charge in [-0.2, -0.15) is 0 Å². The number of allylic oxidation sites excluding steroid dienone is 10. The van der Waals surface area contributed by atoms with Gasteiger partial charge in [-0.3, -0.25) is 9.59 Å². The zero-order chi connectivity index (χ0) is 46.7. The third kappa shape index (κ3) is 46.1. The molecule has 0 aliphatic carbocycles. The van der Waals surface area contributed by atoms with Gasteiger partial charge in [-0.05, 0) is 70.6 Å². The third-order valence-electron chi connectivity index (χ3n) is 12.4. The number of hydrogen-bond acceptors (Lipinski definition) is 5. The average Bonchev–Trinajstić information content (AvgIpc) is 3.29. The molecule has 0 aliphatic heterocycles. The standard InChI is InChI=1S/C58H105NO5/c1-4-7-10-13-16-19-22-25-27-28-29-30-33-36-39-42-45-48-51-58(63)64-54(49-46-43-40-37-34-31-24-21-18-15-12-9-6-3)52-57(62)59-55(53-60)56(61)50-47-44-41-38-35-32-26-23-20-17-14-11-8-5-2/h9,12,15,18,21,24,27-30,54-56,60-61H,4-8,10-11,13-14,16-17,19-20,22-23,25-26,31-53H2,1-3H3,(H,59,62)/b12-9+,18-15+,24-21+,28-27+,30-29+. The molecule has 0 aliphatic rings. The van der Waals surface area contributed by atoms with Gasteiger partial charge in [0.2, 0.25) is 5.91 Å². The molecule has 6 nitrogen and oxygen atoms in total. The molecular weight excluding hydrogens is 791 g/mol. The van der Waals surface area contributed by atoms with E-state index >= 15 is 0 Å². The molecule has 0 aromatic rings. The molecule has 0 aromatic carbocycles. The van der Waals surface area contributed by atoms with E-state index in [4.69, 9.17) is 4.74 Å². The van der Waals surface area contributed by atoms with Gasteiger partial charge in [0.15, 0.2) is 0 Å². The van der Waals surface area contributed by atoms with Crippen molar-refractivity contribution in [3.8, 4) is 0 Å². The number of aliphatic hydroxyl groups excluding tert-OH is 2. The van der Waals surface area contributed by atoms with Crippen molar-refractivity contribution in [3.05, 3.63) is 60.8 Å². The number of ether oxygens (including phenoxy) is 1. The Morgan fingerprint density at radius 2 is 0.844 bits per heavy atom. The summed E-state index contributed by atoms with van der Waals surface area (Å²) in [6, 6.07) is -0.713. The summed E-state index contributed by atoms with van der Waals surface area (Å²) in [6.45, 7) is 6.35. The second-order valence-electron chi connectivity index (χ2n) is 18.7. The minimum Gasteiger partial charge on any atom is -0.462 e. The van der Waals surface area contributed by atoms with Gasteiger partial charge in [0.05, 0.1) is 25.2 Å². The van der Waals surface area contributed by atoms with Crippen LogP contribution >= 0.6 is 0 Å². The predicted molar refractivity (Wildman–Crippen MR) is 278 cm³/mol. The summed E-state index contributed by atoms with van der Waals surface area (Å²) in [5, 5.41) is 23.8. The highest BCUT2D eigenvalue weighted by Crippen LogP contribution is 2.18. The number of unbranched alkanes of at least 4 members (excludes halogenated alkanes) is 30. The first-order valence-corrected chi connectivity index (χ1v) is 27.6. The topological polar surface area (TPSA) is 95.9 Å². The highest BCUT2D eigenvalue weighted by atomic mass is 16.5. The zero-order valence-corrected chi connectivity index (χ0v) is 42.4. The Kier molecular flexibility index (Phi) is 49.6. The summed E-state index contributed by atoms with van der Waals surface area (Å²) in [5.41, 5.74) is 0. The fraction of sp³-hybridized carbons (Fsp3) is 0.793. The molecule has 64 heavy (non-hydrogen) atoms. The van der Waals surface area contributed by atoms with Crippen LogP contribution in [0, 0.1) is 0 Å². The van der Waals surface area contributed by atoms with Crippen LogP contribution < -0.4 is 5.32 Å². The quantitative estimate of drug-likeness (QED) is 0.0321. The minimum atomic E-state index is -0.798. The summed E-state index contributed by atoms with van der Waals surface area (Å²) in [7, 11) is 0. The molecule has 0 aromatic heterocycles. The van der Waals surface area contributed by atoms with E-state index in [0.717, 1.165) is 103 Å². The Bertz CT molecular complexity index is 1140. The van der Waals surface area contributed by atoms with Crippen molar-refractivity contribution >= 4 is 11.9 Å². The van der Waals surface area contributed by atoms with Crippen LogP contribution in [0.3, 0.4) is 0 Å². The second kappa shape index (κ2) is 51.5. The number of amides is 1. The lowest BCUT2D eigenvalue weighted by Crippen LogP contribution is -2.46. The van der Waals surface area contributed by atoms with Crippen molar-refractivity contribution in [2.75, 3.05) is 6.61 Å². The Balaban J connectivity index is 4.58. The van der Waals surface area contributed by atoms with Gasteiger partial charge in [0.25, 0.3) is 0 Å². The van der Waals surface area contributed by atoms with Crippen LogP contribution in [0.2, 0.25) is 0 Å². The lowest BCUT2D eigenvalue weighted by Gasteiger charge is -2.24. The summed E-state index contributed by atoms with van der Waals surface area (Å²) in [5.74, 6) is -0.507. The van der Waals surface area contributed by atoms with E-state index in [1.54, 1.807) is 0 Å². The lowest BCUT2D eigenvalue weighted by atomic mass is 10.0. The maximum atomic E-state index is 13.2. The highest BCUT2D eigenvalue weighted by Gasteiger charge is 2.24. The summed E-state index contributed by atoms with van der Waals surface area (Å²) >= 11 is 0. The Hall–Kier alpha value is -2.44. The van der Waals surface area contributed by atoms with Gasteiger partial charge in [-0.1, -0.05) is 248 Å². The molecule has 0 saturated carbocycles. The number of carbonyl (C=O) groups excluding carboxylic acids is 2. The molecule has 0 spiro atoms. The van der Waals surface area contributed by atoms with E-state index in [1.807, 2.05) is 0 Å². The number of esters is 1. The molecule has 0 saturated heterocycles. The molecule has 0 radical (unpaired) electrons. The molecule has 3 N–H and O–H groups in total. The van der Waals surface area contributed by atoms with Gasteiger partial charge < -0.3 is 20.3 Å². The van der Waals surface area contributed by atoms with Crippen molar-refractivity contribution in [3.63, 3.8) is 0 Å². The second-order valence-corrected chi connectivity index (χ2v) is 18.7. The molecule has 1 amide bonds.